The Hall–Kier alpha value is -0.470. The average molecular weight is 283 g/mol. The normalized spacial score (nSPS) is 18.6. The maximum atomic E-state index is 11.3. The summed E-state index contributed by atoms with van der Waals surface area (Å²) in [7, 11) is 0. The zero-order valence-corrected chi connectivity index (χ0v) is 12.3. The zero-order chi connectivity index (χ0) is 13.1. The van der Waals surface area contributed by atoms with Crippen LogP contribution in [0.25, 0.3) is 0 Å². The summed E-state index contributed by atoms with van der Waals surface area (Å²) < 4.78 is 0. The number of rotatable bonds is 3. The molecule has 0 bridgehead atoms. The van der Waals surface area contributed by atoms with Gasteiger partial charge < -0.3 is 0 Å². The van der Waals surface area contributed by atoms with E-state index in [2.05, 4.69) is 18.7 Å². The molecule has 1 aliphatic rings. The van der Waals surface area contributed by atoms with Gasteiger partial charge in [-0.15, -0.1) is 12.6 Å². The second-order valence-corrected chi connectivity index (χ2v) is 6.02. The van der Waals surface area contributed by atoms with Crippen molar-refractivity contribution in [1.29, 1.82) is 0 Å². The van der Waals surface area contributed by atoms with Crippen LogP contribution in [0, 0.1) is 0 Å². The van der Waals surface area contributed by atoms with Gasteiger partial charge in [-0.05, 0) is 36.0 Å². The molecule has 0 spiro atoms. The Morgan fingerprint density at radius 2 is 2.00 bits per heavy atom. The smallest absolute Gasteiger partial charge is 0.193 e. The SMILES string of the molecule is CC(C(=O)S)c1ccc(C2CCCCC2)c(Cl)c1. The fraction of sp³-hybridized carbons (Fsp3) is 0.533. The summed E-state index contributed by atoms with van der Waals surface area (Å²) >= 11 is 10.3. The first-order valence-corrected chi connectivity index (χ1v) is 7.44. The van der Waals surface area contributed by atoms with Crippen LogP contribution in [-0.2, 0) is 4.79 Å². The van der Waals surface area contributed by atoms with Crippen molar-refractivity contribution in [3.63, 3.8) is 0 Å². The van der Waals surface area contributed by atoms with Crippen LogP contribution in [0.1, 0.15) is 62.0 Å². The standard InChI is InChI=1S/C15H19ClOS/c1-10(15(17)18)12-7-8-13(14(16)9-12)11-5-3-2-4-6-11/h7-11H,2-6H2,1H3,(H,17,18). The predicted octanol–water partition coefficient (Wildman–Crippen LogP) is 4.95. The molecule has 3 heteroatoms. The number of benzene rings is 1. The van der Waals surface area contributed by atoms with E-state index in [1.54, 1.807) is 0 Å². The number of halogens is 1. The minimum absolute atomic E-state index is 0.114. The third kappa shape index (κ3) is 3.10. The Kier molecular flexibility index (Phi) is 4.74. The lowest BCUT2D eigenvalue weighted by Gasteiger charge is -2.23. The van der Waals surface area contributed by atoms with Crippen molar-refractivity contribution in [2.75, 3.05) is 0 Å². The van der Waals surface area contributed by atoms with E-state index in [4.69, 9.17) is 11.6 Å². The second-order valence-electron chi connectivity index (χ2n) is 5.18. The van der Waals surface area contributed by atoms with Crippen LogP contribution in [0.15, 0.2) is 18.2 Å². The van der Waals surface area contributed by atoms with E-state index in [0.717, 1.165) is 10.6 Å². The van der Waals surface area contributed by atoms with Gasteiger partial charge in [-0.3, -0.25) is 4.79 Å². The zero-order valence-electron chi connectivity index (χ0n) is 10.7. The molecule has 1 aromatic carbocycles. The summed E-state index contributed by atoms with van der Waals surface area (Å²) in [5.74, 6) is 0.411. The molecule has 0 aliphatic heterocycles. The molecule has 1 aromatic rings. The number of hydrogen-bond acceptors (Lipinski definition) is 1. The van der Waals surface area contributed by atoms with Gasteiger partial charge in [0.15, 0.2) is 5.12 Å². The molecule has 0 aromatic heterocycles. The van der Waals surface area contributed by atoms with Crippen molar-refractivity contribution in [2.24, 2.45) is 0 Å². The van der Waals surface area contributed by atoms with Crippen molar-refractivity contribution in [1.82, 2.24) is 0 Å². The van der Waals surface area contributed by atoms with E-state index in [0.29, 0.717) is 5.92 Å². The first-order valence-electron chi connectivity index (χ1n) is 6.61. The average Bonchev–Trinajstić information content (AvgIpc) is 2.38. The van der Waals surface area contributed by atoms with Gasteiger partial charge in [-0.2, -0.15) is 0 Å². The van der Waals surface area contributed by atoms with Gasteiger partial charge in [0.05, 0.1) is 5.92 Å². The molecule has 98 valence electrons. The molecule has 1 atom stereocenters. The summed E-state index contributed by atoms with van der Waals surface area (Å²) in [5, 5.41) is 0.692. The second kappa shape index (κ2) is 6.12. The molecule has 0 radical (unpaired) electrons. The van der Waals surface area contributed by atoms with Crippen molar-refractivity contribution < 1.29 is 4.79 Å². The van der Waals surface area contributed by atoms with Crippen LogP contribution in [0.4, 0.5) is 0 Å². The molecule has 0 N–H and O–H groups in total. The largest absolute Gasteiger partial charge is 0.287 e. The minimum atomic E-state index is -0.189. The first kappa shape index (κ1) is 14.0. The minimum Gasteiger partial charge on any atom is -0.287 e. The van der Waals surface area contributed by atoms with E-state index < -0.39 is 0 Å². The number of thiol groups is 1. The van der Waals surface area contributed by atoms with Gasteiger partial charge >= 0.3 is 0 Å². The van der Waals surface area contributed by atoms with Gasteiger partial charge in [-0.1, -0.05) is 49.9 Å². The van der Waals surface area contributed by atoms with Crippen molar-refractivity contribution in [3.05, 3.63) is 34.3 Å². The molecule has 1 fully saturated rings. The monoisotopic (exact) mass is 282 g/mol. The Morgan fingerprint density at radius 1 is 1.33 bits per heavy atom. The van der Waals surface area contributed by atoms with E-state index in [-0.39, 0.29) is 11.0 Å². The first-order chi connectivity index (χ1) is 8.59. The molecular weight excluding hydrogens is 264 g/mol. The highest BCUT2D eigenvalue weighted by atomic mass is 35.5. The highest BCUT2D eigenvalue weighted by Crippen LogP contribution is 2.37. The van der Waals surface area contributed by atoms with Gasteiger partial charge in [-0.25, -0.2) is 0 Å². The van der Waals surface area contributed by atoms with Crippen LogP contribution < -0.4 is 0 Å². The van der Waals surface area contributed by atoms with Crippen molar-refractivity contribution in [3.8, 4) is 0 Å². The molecule has 1 nitrogen and oxygen atoms in total. The van der Waals surface area contributed by atoms with E-state index >= 15 is 0 Å². The predicted molar refractivity (Wildman–Crippen MR) is 79.7 cm³/mol. The Labute approximate surface area is 119 Å². The lowest BCUT2D eigenvalue weighted by molar-refractivity contribution is -0.111. The number of carbonyl (C=O) groups is 1. The van der Waals surface area contributed by atoms with Crippen LogP contribution in [0.2, 0.25) is 5.02 Å². The summed E-state index contributed by atoms with van der Waals surface area (Å²) in [6.45, 7) is 1.86. The highest BCUT2D eigenvalue weighted by molar-refractivity contribution is 7.96. The van der Waals surface area contributed by atoms with Crippen LogP contribution in [0.3, 0.4) is 0 Å². The molecule has 1 unspecified atom stereocenters. The van der Waals surface area contributed by atoms with Gasteiger partial charge in [0, 0.05) is 5.02 Å². The molecule has 18 heavy (non-hydrogen) atoms. The highest BCUT2D eigenvalue weighted by Gasteiger charge is 2.19. The van der Waals surface area contributed by atoms with Crippen LogP contribution in [-0.4, -0.2) is 5.12 Å². The quantitative estimate of drug-likeness (QED) is 0.777. The fourth-order valence-corrected chi connectivity index (χ4v) is 3.19. The topological polar surface area (TPSA) is 17.1 Å². The van der Waals surface area contributed by atoms with Gasteiger partial charge in [0.2, 0.25) is 0 Å². The summed E-state index contributed by atoms with van der Waals surface area (Å²) in [5.41, 5.74) is 2.21. The van der Waals surface area contributed by atoms with Gasteiger partial charge in [0.1, 0.15) is 0 Å². The molecule has 1 saturated carbocycles. The molecule has 0 amide bonds. The third-order valence-corrected chi connectivity index (χ3v) is 4.65. The molecule has 1 aliphatic carbocycles. The third-order valence-electron chi connectivity index (χ3n) is 3.94. The molecule has 0 heterocycles. The summed E-state index contributed by atoms with van der Waals surface area (Å²) in [6.07, 6.45) is 6.42. The van der Waals surface area contributed by atoms with Crippen LogP contribution >= 0.6 is 24.2 Å². The lowest BCUT2D eigenvalue weighted by Crippen LogP contribution is -2.07. The summed E-state index contributed by atoms with van der Waals surface area (Å²) in [6, 6.07) is 6.06. The lowest BCUT2D eigenvalue weighted by atomic mass is 9.83. The summed E-state index contributed by atoms with van der Waals surface area (Å²) in [4.78, 5) is 11.3. The van der Waals surface area contributed by atoms with Crippen molar-refractivity contribution in [2.45, 2.75) is 50.9 Å². The Bertz CT molecular complexity index is 438. The number of carbonyl (C=O) groups excluding carboxylic acids is 1. The fourth-order valence-electron chi connectivity index (χ4n) is 2.70. The van der Waals surface area contributed by atoms with Crippen LogP contribution in [0.5, 0.6) is 0 Å². The Morgan fingerprint density at radius 3 is 2.56 bits per heavy atom. The van der Waals surface area contributed by atoms with E-state index in [1.165, 1.54) is 37.7 Å². The Balaban J connectivity index is 2.21. The molecular formula is C15H19ClOS. The number of hydrogen-bond donors (Lipinski definition) is 1. The van der Waals surface area contributed by atoms with E-state index in [1.807, 2.05) is 19.1 Å². The molecule has 2 rings (SSSR count). The maximum absolute atomic E-state index is 11.3. The van der Waals surface area contributed by atoms with Gasteiger partial charge in [0.25, 0.3) is 0 Å². The molecule has 0 saturated heterocycles. The maximum Gasteiger partial charge on any atom is 0.193 e. The van der Waals surface area contributed by atoms with E-state index in [9.17, 15) is 4.79 Å². The van der Waals surface area contributed by atoms with Crippen molar-refractivity contribution >= 4 is 29.3 Å².